The first kappa shape index (κ1) is 23.4. The Morgan fingerprint density at radius 3 is 2.86 bits per heavy atom. The van der Waals surface area contributed by atoms with Crippen molar-refractivity contribution < 1.29 is 19.1 Å². The summed E-state index contributed by atoms with van der Waals surface area (Å²) in [4.78, 5) is 27.0. The maximum atomic E-state index is 12.9. The average Bonchev–Trinajstić information content (AvgIpc) is 3.27. The van der Waals surface area contributed by atoms with E-state index in [0.717, 1.165) is 38.8 Å². The summed E-state index contributed by atoms with van der Waals surface area (Å²) < 4.78 is 10.6. The molecule has 3 rings (SSSR count). The van der Waals surface area contributed by atoms with E-state index in [1.807, 2.05) is 23.1 Å². The van der Waals surface area contributed by atoms with Crippen molar-refractivity contribution in [2.75, 3.05) is 46.5 Å². The molecule has 1 aromatic rings. The van der Waals surface area contributed by atoms with Gasteiger partial charge in [0, 0.05) is 32.3 Å². The smallest absolute Gasteiger partial charge is 0.253 e. The monoisotopic (exact) mass is 425 g/mol. The van der Waals surface area contributed by atoms with Gasteiger partial charge in [0.15, 0.2) is 0 Å². The van der Waals surface area contributed by atoms with Gasteiger partial charge in [-0.15, -0.1) is 12.4 Å². The third-order valence-corrected chi connectivity index (χ3v) is 5.39. The lowest BCUT2D eigenvalue weighted by atomic mass is 9.97. The molecule has 1 aromatic carbocycles. The maximum Gasteiger partial charge on any atom is 0.253 e. The van der Waals surface area contributed by atoms with Gasteiger partial charge in [-0.1, -0.05) is 6.07 Å². The molecule has 0 aromatic heterocycles. The number of hydrogen-bond donors (Lipinski definition) is 2. The molecule has 2 saturated heterocycles. The highest BCUT2D eigenvalue weighted by Crippen LogP contribution is 2.20. The normalized spacial score (nSPS) is 21.3. The number of hydrogen-bond acceptors (Lipinski definition) is 5. The Morgan fingerprint density at radius 1 is 1.24 bits per heavy atom. The molecule has 0 radical (unpaired) electrons. The molecule has 2 aliphatic rings. The molecular formula is C21H32ClN3O4. The second kappa shape index (κ2) is 12.0. The van der Waals surface area contributed by atoms with Gasteiger partial charge in [0.25, 0.3) is 5.91 Å². The fraction of sp³-hybridized carbons (Fsp3) is 0.619. The molecule has 0 bridgehead atoms. The number of ether oxygens (including phenoxy) is 2. The molecule has 0 spiro atoms. The van der Waals surface area contributed by atoms with Gasteiger partial charge in [-0.3, -0.25) is 9.59 Å². The van der Waals surface area contributed by atoms with Crippen molar-refractivity contribution in [1.82, 2.24) is 15.5 Å². The Labute approximate surface area is 178 Å². The number of nitrogens with one attached hydrogen (secondary N) is 2. The lowest BCUT2D eigenvalue weighted by molar-refractivity contribution is -0.123. The van der Waals surface area contributed by atoms with E-state index in [9.17, 15) is 9.59 Å². The Hall–Kier alpha value is -1.83. The number of amides is 2. The van der Waals surface area contributed by atoms with E-state index in [2.05, 4.69) is 10.6 Å². The molecule has 2 unspecified atom stereocenters. The van der Waals surface area contributed by atoms with Gasteiger partial charge in [-0.2, -0.15) is 0 Å². The Bertz CT molecular complexity index is 667. The highest BCUT2D eigenvalue weighted by atomic mass is 35.5. The number of nitrogens with zero attached hydrogens (tertiary/aromatic N) is 1. The summed E-state index contributed by atoms with van der Waals surface area (Å²) in [7, 11) is 1.63. The van der Waals surface area contributed by atoms with Crippen LogP contribution in [0.15, 0.2) is 24.3 Å². The van der Waals surface area contributed by atoms with Crippen LogP contribution in [-0.4, -0.2) is 69.3 Å². The maximum absolute atomic E-state index is 12.9. The minimum atomic E-state index is -0.0535. The highest BCUT2D eigenvalue weighted by Gasteiger charge is 2.27. The zero-order valence-electron chi connectivity index (χ0n) is 17.0. The van der Waals surface area contributed by atoms with Crippen molar-refractivity contribution in [1.29, 1.82) is 0 Å². The van der Waals surface area contributed by atoms with E-state index in [0.29, 0.717) is 43.5 Å². The van der Waals surface area contributed by atoms with Crippen LogP contribution < -0.4 is 15.4 Å². The zero-order chi connectivity index (χ0) is 19.8. The second-order valence-electron chi connectivity index (χ2n) is 7.52. The molecule has 2 atom stereocenters. The van der Waals surface area contributed by atoms with Gasteiger partial charge >= 0.3 is 0 Å². The van der Waals surface area contributed by atoms with Crippen LogP contribution in [-0.2, 0) is 9.53 Å². The minimum Gasteiger partial charge on any atom is -0.491 e. The van der Waals surface area contributed by atoms with Gasteiger partial charge in [0.1, 0.15) is 12.4 Å². The van der Waals surface area contributed by atoms with Crippen LogP contribution >= 0.6 is 12.4 Å². The summed E-state index contributed by atoms with van der Waals surface area (Å²) >= 11 is 0. The van der Waals surface area contributed by atoms with E-state index in [4.69, 9.17) is 9.47 Å². The standard InChI is InChI=1S/C21H31N3O4.ClH/c1-27-11-12-28-18-7-2-6-17(13-18)21(26)24-10-4-5-16(15-24)14-23-20(25)19-8-3-9-22-19;/h2,6-7,13,16,19,22H,3-5,8-12,14-15H2,1H3,(H,23,25);1H. The molecule has 2 aliphatic heterocycles. The van der Waals surface area contributed by atoms with Crippen molar-refractivity contribution in [2.45, 2.75) is 31.7 Å². The first-order valence-corrected chi connectivity index (χ1v) is 10.2. The minimum absolute atomic E-state index is 0. The number of likely N-dealkylation sites (tertiary alicyclic amines) is 1. The van der Waals surface area contributed by atoms with Gasteiger partial charge < -0.3 is 25.0 Å². The van der Waals surface area contributed by atoms with Crippen molar-refractivity contribution in [3.05, 3.63) is 29.8 Å². The van der Waals surface area contributed by atoms with Gasteiger partial charge in [0.2, 0.25) is 5.91 Å². The van der Waals surface area contributed by atoms with Crippen LogP contribution in [0, 0.1) is 5.92 Å². The summed E-state index contributed by atoms with van der Waals surface area (Å²) in [5, 5.41) is 6.28. The van der Waals surface area contributed by atoms with Gasteiger partial charge in [0.05, 0.1) is 12.6 Å². The molecule has 2 N–H and O–H groups in total. The number of carbonyl (C=O) groups excluding carboxylic acids is 2. The number of rotatable bonds is 8. The lowest BCUT2D eigenvalue weighted by Gasteiger charge is -2.33. The molecule has 2 amide bonds. The van der Waals surface area contributed by atoms with Crippen LogP contribution in [0.25, 0.3) is 0 Å². The topological polar surface area (TPSA) is 79.9 Å². The highest BCUT2D eigenvalue weighted by molar-refractivity contribution is 5.94. The first-order chi connectivity index (χ1) is 13.7. The van der Waals surface area contributed by atoms with E-state index < -0.39 is 0 Å². The van der Waals surface area contributed by atoms with Crippen LogP contribution in [0.5, 0.6) is 5.75 Å². The van der Waals surface area contributed by atoms with Gasteiger partial charge in [-0.05, 0) is 56.3 Å². The fourth-order valence-corrected chi connectivity index (χ4v) is 3.84. The molecule has 8 heteroatoms. The molecule has 0 aliphatic carbocycles. The predicted molar refractivity (Wildman–Crippen MR) is 114 cm³/mol. The van der Waals surface area contributed by atoms with Crippen molar-refractivity contribution in [2.24, 2.45) is 5.92 Å². The molecule has 162 valence electrons. The molecule has 7 nitrogen and oxygen atoms in total. The van der Waals surface area contributed by atoms with Crippen LogP contribution in [0.3, 0.4) is 0 Å². The number of methoxy groups -OCH3 is 1. The summed E-state index contributed by atoms with van der Waals surface area (Å²) in [5.74, 6) is 1.07. The fourth-order valence-electron chi connectivity index (χ4n) is 3.84. The number of benzene rings is 1. The third-order valence-electron chi connectivity index (χ3n) is 5.39. The quantitative estimate of drug-likeness (QED) is 0.621. The number of carbonyl (C=O) groups is 2. The molecule has 2 fully saturated rings. The van der Waals surface area contributed by atoms with Crippen LogP contribution in [0.2, 0.25) is 0 Å². The molecule has 0 saturated carbocycles. The van der Waals surface area contributed by atoms with Crippen LogP contribution in [0.4, 0.5) is 0 Å². The molecule has 29 heavy (non-hydrogen) atoms. The Kier molecular flexibility index (Phi) is 9.70. The van der Waals surface area contributed by atoms with Gasteiger partial charge in [-0.25, -0.2) is 0 Å². The van der Waals surface area contributed by atoms with E-state index >= 15 is 0 Å². The van der Waals surface area contributed by atoms with E-state index in [1.165, 1.54) is 0 Å². The Balaban J connectivity index is 0.00000300. The average molecular weight is 426 g/mol. The number of halogens is 1. The summed E-state index contributed by atoms with van der Waals surface area (Å²) in [6, 6.07) is 7.24. The number of piperidine rings is 1. The third kappa shape index (κ3) is 6.87. The SMILES string of the molecule is COCCOc1cccc(C(=O)N2CCCC(CNC(=O)C3CCCN3)C2)c1.Cl. The van der Waals surface area contributed by atoms with Crippen molar-refractivity contribution in [3.8, 4) is 5.75 Å². The first-order valence-electron chi connectivity index (χ1n) is 10.2. The van der Waals surface area contributed by atoms with E-state index in [1.54, 1.807) is 13.2 Å². The predicted octanol–water partition coefficient (Wildman–Crippen LogP) is 1.85. The summed E-state index contributed by atoms with van der Waals surface area (Å²) in [6.07, 6.45) is 3.95. The second-order valence-corrected chi connectivity index (χ2v) is 7.52. The van der Waals surface area contributed by atoms with Crippen LogP contribution in [0.1, 0.15) is 36.0 Å². The molecular weight excluding hydrogens is 394 g/mol. The summed E-state index contributed by atoms with van der Waals surface area (Å²) in [6.45, 7) is 3.93. The van der Waals surface area contributed by atoms with Crippen molar-refractivity contribution in [3.63, 3.8) is 0 Å². The largest absolute Gasteiger partial charge is 0.491 e. The van der Waals surface area contributed by atoms with E-state index in [-0.39, 0.29) is 30.3 Å². The molecule has 2 heterocycles. The summed E-state index contributed by atoms with van der Waals surface area (Å²) in [5.41, 5.74) is 0.634. The zero-order valence-corrected chi connectivity index (χ0v) is 17.8. The van der Waals surface area contributed by atoms with Crippen molar-refractivity contribution >= 4 is 24.2 Å². The Morgan fingerprint density at radius 2 is 2.10 bits per heavy atom. The lowest BCUT2D eigenvalue weighted by Crippen LogP contribution is -2.46.